The SMILES string of the molecule is COCCN(C(=O)c1cc(F)cc(S(=O)(=O)Cl)c1)C1CC1. The maximum Gasteiger partial charge on any atom is 0.261 e. The quantitative estimate of drug-likeness (QED) is 0.746. The smallest absolute Gasteiger partial charge is 0.261 e. The zero-order chi connectivity index (χ0) is 15.6. The van der Waals surface area contributed by atoms with Crippen LogP contribution in [0.3, 0.4) is 0 Å². The van der Waals surface area contributed by atoms with Crippen LogP contribution in [-0.2, 0) is 13.8 Å². The molecule has 116 valence electrons. The van der Waals surface area contributed by atoms with E-state index < -0.39 is 25.7 Å². The van der Waals surface area contributed by atoms with Crippen LogP contribution in [0.15, 0.2) is 23.1 Å². The Morgan fingerprint density at radius 1 is 1.43 bits per heavy atom. The van der Waals surface area contributed by atoms with Crippen LogP contribution in [-0.4, -0.2) is 45.5 Å². The Hall–Kier alpha value is -1.18. The lowest BCUT2D eigenvalue weighted by Gasteiger charge is -2.22. The molecule has 0 atom stereocenters. The average molecular weight is 336 g/mol. The summed E-state index contributed by atoms with van der Waals surface area (Å²) < 4.78 is 41.1. The number of hydrogen-bond donors (Lipinski definition) is 0. The van der Waals surface area contributed by atoms with E-state index in [1.165, 1.54) is 7.11 Å². The molecule has 0 aliphatic heterocycles. The maximum absolute atomic E-state index is 13.5. The van der Waals surface area contributed by atoms with Gasteiger partial charge in [0.1, 0.15) is 5.82 Å². The van der Waals surface area contributed by atoms with Crippen LogP contribution >= 0.6 is 10.7 Å². The van der Waals surface area contributed by atoms with Crippen molar-refractivity contribution in [1.29, 1.82) is 0 Å². The molecular weight excluding hydrogens is 321 g/mol. The second-order valence-electron chi connectivity index (χ2n) is 4.84. The minimum atomic E-state index is -4.09. The van der Waals surface area contributed by atoms with Gasteiger partial charge in [-0.2, -0.15) is 0 Å². The fourth-order valence-corrected chi connectivity index (χ4v) is 2.81. The number of methoxy groups -OCH3 is 1. The monoisotopic (exact) mass is 335 g/mol. The van der Waals surface area contributed by atoms with Crippen molar-refractivity contribution in [2.45, 2.75) is 23.8 Å². The molecule has 0 bridgehead atoms. The van der Waals surface area contributed by atoms with Crippen molar-refractivity contribution in [3.63, 3.8) is 0 Å². The molecule has 0 aromatic heterocycles. The third-order valence-corrected chi connectivity index (χ3v) is 4.52. The van der Waals surface area contributed by atoms with Crippen LogP contribution in [0.4, 0.5) is 4.39 Å². The van der Waals surface area contributed by atoms with Crippen molar-refractivity contribution in [2.24, 2.45) is 0 Å². The van der Waals surface area contributed by atoms with E-state index >= 15 is 0 Å². The Morgan fingerprint density at radius 2 is 2.10 bits per heavy atom. The molecule has 0 radical (unpaired) electrons. The number of rotatable bonds is 6. The Labute approximate surface area is 127 Å². The minimum absolute atomic E-state index is 0.0303. The Balaban J connectivity index is 2.31. The minimum Gasteiger partial charge on any atom is -0.383 e. The van der Waals surface area contributed by atoms with Crippen molar-refractivity contribution < 1.29 is 22.3 Å². The molecule has 0 saturated heterocycles. The maximum atomic E-state index is 13.5. The molecule has 0 spiro atoms. The molecule has 1 fully saturated rings. The first-order valence-corrected chi connectivity index (χ1v) is 8.69. The largest absolute Gasteiger partial charge is 0.383 e. The Kier molecular flexibility index (Phi) is 4.85. The zero-order valence-corrected chi connectivity index (χ0v) is 13.0. The average Bonchev–Trinajstić information content (AvgIpc) is 3.22. The number of benzene rings is 1. The summed E-state index contributed by atoms with van der Waals surface area (Å²) in [5, 5.41) is 0. The van der Waals surface area contributed by atoms with Gasteiger partial charge in [0.25, 0.3) is 15.0 Å². The normalized spacial score (nSPS) is 15.0. The van der Waals surface area contributed by atoms with Crippen molar-refractivity contribution in [3.8, 4) is 0 Å². The van der Waals surface area contributed by atoms with Gasteiger partial charge in [-0.25, -0.2) is 12.8 Å². The molecule has 1 aromatic rings. The lowest BCUT2D eigenvalue weighted by Crippen LogP contribution is -2.36. The highest BCUT2D eigenvalue weighted by Gasteiger charge is 2.33. The topological polar surface area (TPSA) is 63.7 Å². The molecule has 1 amide bonds. The summed E-state index contributed by atoms with van der Waals surface area (Å²) >= 11 is 0. The van der Waals surface area contributed by atoms with Crippen molar-refractivity contribution >= 4 is 25.6 Å². The van der Waals surface area contributed by atoms with E-state index in [1.807, 2.05) is 0 Å². The van der Waals surface area contributed by atoms with E-state index in [0.29, 0.717) is 13.2 Å². The third kappa shape index (κ3) is 4.15. The first-order valence-electron chi connectivity index (χ1n) is 6.38. The molecule has 5 nitrogen and oxygen atoms in total. The van der Waals surface area contributed by atoms with E-state index in [-0.39, 0.29) is 11.6 Å². The van der Waals surface area contributed by atoms with Gasteiger partial charge in [0.15, 0.2) is 0 Å². The van der Waals surface area contributed by atoms with Gasteiger partial charge in [-0.3, -0.25) is 4.79 Å². The van der Waals surface area contributed by atoms with E-state index in [2.05, 4.69) is 0 Å². The van der Waals surface area contributed by atoms with Crippen LogP contribution in [0.25, 0.3) is 0 Å². The summed E-state index contributed by atoms with van der Waals surface area (Å²) in [6.07, 6.45) is 1.76. The van der Waals surface area contributed by atoms with Crippen molar-refractivity contribution in [3.05, 3.63) is 29.6 Å². The fourth-order valence-electron chi connectivity index (χ4n) is 2.02. The van der Waals surface area contributed by atoms with E-state index in [1.54, 1.807) is 4.90 Å². The second-order valence-corrected chi connectivity index (χ2v) is 7.40. The summed E-state index contributed by atoms with van der Waals surface area (Å²) in [7, 11) is 2.64. The zero-order valence-electron chi connectivity index (χ0n) is 11.4. The highest BCUT2D eigenvalue weighted by atomic mass is 35.7. The molecule has 0 N–H and O–H groups in total. The standard InChI is InChI=1S/C13H15ClFNO4S/c1-20-5-4-16(11-2-3-11)13(17)9-6-10(15)8-12(7-9)21(14,18)19/h6-8,11H,2-5H2,1H3. The fraction of sp³-hybridized carbons (Fsp3) is 0.462. The molecule has 0 heterocycles. The summed E-state index contributed by atoms with van der Waals surface area (Å²) in [5.74, 6) is -1.24. The van der Waals surface area contributed by atoms with Gasteiger partial charge in [0.05, 0.1) is 11.5 Å². The van der Waals surface area contributed by atoms with E-state index in [4.69, 9.17) is 15.4 Å². The Morgan fingerprint density at radius 3 is 2.62 bits per heavy atom. The number of halogens is 2. The van der Waals surface area contributed by atoms with Crippen LogP contribution in [0, 0.1) is 5.82 Å². The second kappa shape index (κ2) is 6.29. The van der Waals surface area contributed by atoms with Gasteiger partial charge in [-0.1, -0.05) is 0 Å². The number of ether oxygens (including phenoxy) is 1. The van der Waals surface area contributed by atoms with Gasteiger partial charge < -0.3 is 9.64 Å². The van der Waals surface area contributed by atoms with Crippen LogP contribution in [0.1, 0.15) is 23.2 Å². The molecular formula is C13H15ClFNO4S. The van der Waals surface area contributed by atoms with Gasteiger partial charge in [0.2, 0.25) is 0 Å². The molecule has 1 saturated carbocycles. The molecule has 8 heteroatoms. The first kappa shape index (κ1) is 16.2. The molecule has 1 aromatic carbocycles. The first-order chi connectivity index (χ1) is 9.82. The van der Waals surface area contributed by atoms with Crippen molar-refractivity contribution in [1.82, 2.24) is 4.90 Å². The van der Waals surface area contributed by atoms with E-state index in [0.717, 1.165) is 31.0 Å². The predicted molar refractivity (Wildman–Crippen MR) is 75.4 cm³/mol. The van der Waals surface area contributed by atoms with Gasteiger partial charge in [-0.05, 0) is 31.0 Å². The van der Waals surface area contributed by atoms with Crippen molar-refractivity contribution in [2.75, 3.05) is 20.3 Å². The highest BCUT2D eigenvalue weighted by molar-refractivity contribution is 8.13. The lowest BCUT2D eigenvalue weighted by molar-refractivity contribution is 0.0679. The number of nitrogens with zero attached hydrogens (tertiary/aromatic N) is 1. The third-order valence-electron chi connectivity index (χ3n) is 3.18. The number of hydrogen-bond acceptors (Lipinski definition) is 4. The number of amides is 1. The van der Waals surface area contributed by atoms with Crippen LogP contribution < -0.4 is 0 Å². The molecule has 2 rings (SSSR count). The van der Waals surface area contributed by atoms with Crippen LogP contribution in [0.2, 0.25) is 0 Å². The molecule has 0 unspecified atom stereocenters. The summed E-state index contributed by atoms with van der Waals surface area (Å²) in [6, 6.07) is 2.99. The highest BCUT2D eigenvalue weighted by Crippen LogP contribution is 2.29. The summed E-state index contributed by atoms with van der Waals surface area (Å²) in [4.78, 5) is 13.6. The molecule has 21 heavy (non-hydrogen) atoms. The number of carbonyl (C=O) groups excluding carboxylic acids is 1. The summed E-state index contributed by atoms with van der Waals surface area (Å²) in [6.45, 7) is 0.734. The Bertz CT molecular complexity index is 646. The lowest BCUT2D eigenvalue weighted by atomic mass is 10.2. The molecule has 1 aliphatic rings. The summed E-state index contributed by atoms with van der Waals surface area (Å²) in [5.41, 5.74) is -0.0303. The van der Waals surface area contributed by atoms with Gasteiger partial charge in [0, 0.05) is 35.9 Å². The molecule has 1 aliphatic carbocycles. The van der Waals surface area contributed by atoms with Gasteiger partial charge >= 0.3 is 0 Å². The van der Waals surface area contributed by atoms with Gasteiger partial charge in [-0.15, -0.1) is 0 Å². The van der Waals surface area contributed by atoms with E-state index in [9.17, 15) is 17.6 Å². The number of carbonyl (C=O) groups is 1. The predicted octanol–water partition coefficient (Wildman–Crippen LogP) is 2.00. The van der Waals surface area contributed by atoms with Crippen LogP contribution in [0.5, 0.6) is 0 Å².